The Labute approximate surface area is 93.9 Å². The van der Waals surface area contributed by atoms with Gasteiger partial charge in [-0.3, -0.25) is 0 Å². The maximum atomic E-state index is 11.4. The smallest absolute Gasteiger partial charge is 0.421 e. The highest BCUT2D eigenvalue weighted by molar-refractivity contribution is 7.54. The van der Waals surface area contributed by atoms with Crippen LogP contribution in [-0.2, 0) is 11.0 Å². The highest BCUT2D eigenvalue weighted by atomic mass is 31.2. The van der Waals surface area contributed by atoms with E-state index in [4.69, 9.17) is 10.2 Å². The molecule has 1 aromatic rings. The summed E-state index contributed by atoms with van der Waals surface area (Å²) in [5.41, 5.74) is -1.72. The van der Waals surface area contributed by atoms with Crippen LogP contribution in [0.4, 0.5) is 0 Å². The van der Waals surface area contributed by atoms with Gasteiger partial charge in [0.2, 0.25) is 0 Å². The predicted molar refractivity (Wildman–Crippen MR) is 59.1 cm³/mol. The van der Waals surface area contributed by atoms with Crippen molar-refractivity contribution < 1.29 is 24.2 Å². The molecule has 0 aliphatic heterocycles. The molecule has 6 heteroatoms. The second-order valence-corrected chi connectivity index (χ2v) is 5.65. The predicted octanol–water partition coefficient (Wildman–Crippen LogP) is 1.47. The van der Waals surface area contributed by atoms with Crippen molar-refractivity contribution in [1.29, 1.82) is 0 Å². The lowest BCUT2D eigenvalue weighted by molar-refractivity contribution is -0.0859. The highest BCUT2D eigenvalue weighted by Gasteiger charge is 2.43. The van der Waals surface area contributed by atoms with Gasteiger partial charge in [-0.25, -0.2) is 4.57 Å². The molecule has 0 saturated carbocycles. The van der Waals surface area contributed by atoms with Gasteiger partial charge in [0, 0.05) is 6.92 Å². The molecule has 1 unspecified atom stereocenters. The van der Waals surface area contributed by atoms with Gasteiger partial charge in [-0.05, 0) is 24.1 Å². The van der Waals surface area contributed by atoms with E-state index in [9.17, 15) is 9.46 Å². The summed E-state index contributed by atoms with van der Waals surface area (Å²) in [7, 11) is -4.51. The molecular weight excluding hydrogens is 231 g/mol. The maximum Gasteiger partial charge on any atom is 0.435 e. The summed E-state index contributed by atoms with van der Waals surface area (Å²) in [5, 5.41) is 18.0. The topological polar surface area (TPSA) is 87.0 Å². The number of benzene rings is 1. The SMILES string of the molecule is CCc1ccc(OP(=O)(O)C(C)(O)O)cc1. The van der Waals surface area contributed by atoms with Crippen LogP contribution in [0.2, 0.25) is 0 Å². The third kappa shape index (κ3) is 3.06. The van der Waals surface area contributed by atoms with E-state index in [0.29, 0.717) is 0 Å². The monoisotopic (exact) mass is 246 g/mol. The minimum Gasteiger partial charge on any atom is -0.421 e. The van der Waals surface area contributed by atoms with E-state index in [1.807, 2.05) is 6.92 Å². The molecule has 3 N–H and O–H groups in total. The molecule has 90 valence electrons. The maximum absolute atomic E-state index is 11.4. The van der Waals surface area contributed by atoms with E-state index >= 15 is 0 Å². The van der Waals surface area contributed by atoms with Gasteiger partial charge in [0.15, 0.2) is 0 Å². The first-order valence-corrected chi connectivity index (χ1v) is 6.40. The van der Waals surface area contributed by atoms with E-state index in [-0.39, 0.29) is 5.75 Å². The highest BCUT2D eigenvalue weighted by Crippen LogP contribution is 2.51. The van der Waals surface area contributed by atoms with Gasteiger partial charge >= 0.3 is 7.60 Å². The summed E-state index contributed by atoms with van der Waals surface area (Å²) in [4.78, 5) is 9.26. The van der Waals surface area contributed by atoms with Gasteiger partial charge in [-0.15, -0.1) is 0 Å². The Morgan fingerprint density at radius 1 is 1.31 bits per heavy atom. The van der Waals surface area contributed by atoms with Gasteiger partial charge in [0.05, 0.1) is 0 Å². The standard InChI is InChI=1S/C10H15O5P/c1-3-8-4-6-9(7-5-8)15-16(13,14)10(2,11)12/h4-7,11-12H,3H2,1-2H3,(H,13,14). The van der Waals surface area contributed by atoms with Crippen LogP contribution in [0.3, 0.4) is 0 Å². The van der Waals surface area contributed by atoms with Crippen molar-refractivity contribution in [1.82, 2.24) is 0 Å². The Kier molecular flexibility index (Phi) is 3.76. The molecule has 0 radical (unpaired) electrons. The van der Waals surface area contributed by atoms with Gasteiger partial charge in [-0.2, -0.15) is 0 Å². The van der Waals surface area contributed by atoms with Crippen molar-refractivity contribution in [3.8, 4) is 5.75 Å². The molecule has 5 nitrogen and oxygen atoms in total. The zero-order valence-electron chi connectivity index (χ0n) is 9.12. The lowest BCUT2D eigenvalue weighted by Gasteiger charge is -2.22. The molecule has 0 aliphatic carbocycles. The van der Waals surface area contributed by atoms with E-state index in [0.717, 1.165) is 18.9 Å². The Morgan fingerprint density at radius 2 is 1.81 bits per heavy atom. The van der Waals surface area contributed by atoms with Crippen molar-refractivity contribution in [2.75, 3.05) is 0 Å². The fourth-order valence-electron chi connectivity index (χ4n) is 1.02. The first-order valence-electron chi connectivity index (χ1n) is 4.82. The molecule has 1 atom stereocenters. The molecule has 0 aromatic heterocycles. The molecule has 1 rings (SSSR count). The minimum absolute atomic E-state index is 0.123. The molecule has 1 aromatic carbocycles. The second-order valence-electron chi connectivity index (χ2n) is 3.58. The van der Waals surface area contributed by atoms with Crippen LogP contribution in [0, 0.1) is 0 Å². The Hall–Kier alpha value is -0.870. The number of aryl methyl sites for hydroxylation is 1. The largest absolute Gasteiger partial charge is 0.435 e. The van der Waals surface area contributed by atoms with Gasteiger partial charge in [-0.1, -0.05) is 19.1 Å². The summed E-state index contributed by atoms with van der Waals surface area (Å²) in [6.45, 7) is 2.78. The molecule has 0 fully saturated rings. The van der Waals surface area contributed by atoms with E-state index in [2.05, 4.69) is 4.52 Å². The normalized spacial score (nSPS) is 15.6. The minimum atomic E-state index is -4.51. The molecule has 0 bridgehead atoms. The van der Waals surface area contributed by atoms with Crippen molar-refractivity contribution >= 4 is 7.60 Å². The fourth-order valence-corrected chi connectivity index (χ4v) is 1.60. The Bertz CT molecular complexity index is 393. The van der Waals surface area contributed by atoms with Crippen LogP contribution in [0.25, 0.3) is 0 Å². The molecule has 0 amide bonds. The van der Waals surface area contributed by atoms with Crippen LogP contribution in [0.15, 0.2) is 24.3 Å². The van der Waals surface area contributed by atoms with Gasteiger partial charge < -0.3 is 19.6 Å². The average Bonchev–Trinajstić information content (AvgIpc) is 2.16. The molecule has 0 heterocycles. The van der Waals surface area contributed by atoms with E-state index < -0.39 is 13.1 Å². The average molecular weight is 246 g/mol. The summed E-state index contributed by atoms with van der Waals surface area (Å²) >= 11 is 0. The quantitative estimate of drug-likeness (QED) is 0.553. The van der Waals surface area contributed by atoms with Crippen LogP contribution < -0.4 is 4.52 Å². The Balaban J connectivity index is 2.85. The first-order chi connectivity index (χ1) is 7.26. The molecule has 0 spiro atoms. The third-order valence-electron chi connectivity index (χ3n) is 2.10. The van der Waals surface area contributed by atoms with Crippen LogP contribution in [0.5, 0.6) is 5.75 Å². The lowest BCUT2D eigenvalue weighted by Crippen LogP contribution is -2.25. The number of hydrogen-bond acceptors (Lipinski definition) is 4. The van der Waals surface area contributed by atoms with Crippen LogP contribution in [-0.4, -0.2) is 20.6 Å². The fraction of sp³-hybridized carbons (Fsp3) is 0.400. The number of rotatable bonds is 4. The number of hydrogen-bond donors (Lipinski definition) is 3. The summed E-state index contributed by atoms with van der Waals surface area (Å²) in [6.07, 6.45) is 0.842. The van der Waals surface area contributed by atoms with Crippen molar-refractivity contribution in [3.63, 3.8) is 0 Å². The summed E-state index contributed by atoms with van der Waals surface area (Å²) in [6, 6.07) is 6.49. The molecule has 16 heavy (non-hydrogen) atoms. The van der Waals surface area contributed by atoms with Crippen molar-refractivity contribution in [2.24, 2.45) is 0 Å². The van der Waals surface area contributed by atoms with Crippen LogP contribution in [0.1, 0.15) is 19.4 Å². The Morgan fingerprint density at radius 3 is 2.19 bits per heavy atom. The summed E-state index contributed by atoms with van der Waals surface area (Å²) < 4.78 is 16.1. The third-order valence-corrected chi connectivity index (χ3v) is 3.62. The van der Waals surface area contributed by atoms with Gasteiger partial charge in [0.1, 0.15) is 5.75 Å². The van der Waals surface area contributed by atoms with E-state index in [1.54, 1.807) is 12.1 Å². The van der Waals surface area contributed by atoms with Crippen molar-refractivity contribution in [3.05, 3.63) is 29.8 Å². The van der Waals surface area contributed by atoms with Crippen molar-refractivity contribution in [2.45, 2.75) is 25.8 Å². The molecule has 0 aliphatic rings. The first kappa shape index (κ1) is 13.2. The second kappa shape index (κ2) is 4.55. The zero-order valence-corrected chi connectivity index (χ0v) is 10.0. The van der Waals surface area contributed by atoms with E-state index in [1.165, 1.54) is 12.1 Å². The lowest BCUT2D eigenvalue weighted by atomic mass is 10.2. The molecule has 0 saturated heterocycles. The zero-order chi connectivity index (χ0) is 12.4. The van der Waals surface area contributed by atoms with Crippen LogP contribution >= 0.6 is 7.60 Å². The molecular formula is C10H15O5P. The van der Waals surface area contributed by atoms with Gasteiger partial charge in [0.25, 0.3) is 5.53 Å². The number of aliphatic hydroxyl groups is 2. The summed E-state index contributed by atoms with van der Waals surface area (Å²) in [5.74, 6) is 0.123.